The fourth-order valence-electron chi connectivity index (χ4n) is 3.55. The summed E-state index contributed by atoms with van der Waals surface area (Å²) in [7, 11) is 0. The van der Waals surface area contributed by atoms with Gasteiger partial charge in [0, 0.05) is 18.1 Å². The molecular weight excluding hydrogens is 369 g/mol. The molecule has 1 aliphatic heterocycles. The molecule has 2 aromatic rings. The molecule has 0 saturated heterocycles. The highest BCUT2D eigenvalue weighted by Gasteiger charge is 2.48. The zero-order chi connectivity index (χ0) is 18.3. The summed E-state index contributed by atoms with van der Waals surface area (Å²) in [5, 5.41) is 2.87. The van der Waals surface area contributed by atoms with Crippen molar-refractivity contribution in [1.29, 1.82) is 0 Å². The highest BCUT2D eigenvalue weighted by atomic mass is 32.1. The average molecular weight is 386 g/mol. The Labute approximate surface area is 151 Å². The lowest BCUT2D eigenvalue weighted by Crippen LogP contribution is -2.39. The maximum Gasteiger partial charge on any atom is 0.392 e. The zero-order valence-corrected chi connectivity index (χ0v) is 14.6. The van der Waals surface area contributed by atoms with Crippen LogP contribution in [0.15, 0.2) is 12.1 Å². The number of nitrogens with one attached hydrogen (secondary N) is 1. The molecule has 0 bridgehead atoms. The lowest BCUT2D eigenvalue weighted by Gasteiger charge is -2.31. The third-order valence-electron chi connectivity index (χ3n) is 4.81. The smallest absolute Gasteiger partial charge is 0.392 e. The van der Waals surface area contributed by atoms with Gasteiger partial charge in [-0.1, -0.05) is 24.2 Å². The Morgan fingerprint density at radius 1 is 1.15 bits per heavy atom. The molecule has 2 unspecified atom stereocenters. The van der Waals surface area contributed by atoms with Gasteiger partial charge in [-0.05, 0) is 12.8 Å². The monoisotopic (exact) mass is 386 g/mol. The second-order valence-electron chi connectivity index (χ2n) is 6.51. The number of anilines is 1. The van der Waals surface area contributed by atoms with Crippen LogP contribution in [0.1, 0.15) is 25.7 Å². The number of nitrogens with zero attached hydrogens (tertiary/aromatic N) is 1. The first kappa shape index (κ1) is 17.4. The van der Waals surface area contributed by atoms with E-state index in [2.05, 4.69) is 10.3 Å². The van der Waals surface area contributed by atoms with Crippen LogP contribution in [0, 0.1) is 11.8 Å². The number of thiazole rings is 1. The molecule has 0 radical (unpaired) electrons. The minimum Gasteiger partial charge on any atom is -0.486 e. The quantitative estimate of drug-likeness (QED) is 0.832. The highest BCUT2D eigenvalue weighted by molar-refractivity contribution is 7.22. The molecule has 0 spiro atoms. The molecule has 1 aromatic carbocycles. The van der Waals surface area contributed by atoms with E-state index in [0.717, 1.165) is 4.70 Å². The summed E-state index contributed by atoms with van der Waals surface area (Å²) in [5.41, 5.74) is 0.616. The topological polar surface area (TPSA) is 60.5 Å². The van der Waals surface area contributed by atoms with Crippen LogP contribution >= 0.6 is 11.3 Å². The number of fused-ring (bicyclic) bond motifs is 2. The number of aromatic nitrogens is 1. The third kappa shape index (κ3) is 3.32. The van der Waals surface area contributed by atoms with Crippen LogP contribution in [0.4, 0.5) is 18.3 Å². The van der Waals surface area contributed by atoms with Crippen molar-refractivity contribution < 1.29 is 27.4 Å². The predicted molar refractivity (Wildman–Crippen MR) is 90.7 cm³/mol. The summed E-state index contributed by atoms with van der Waals surface area (Å²) < 4.78 is 51.4. The molecule has 26 heavy (non-hydrogen) atoms. The number of benzene rings is 1. The van der Waals surface area contributed by atoms with Gasteiger partial charge >= 0.3 is 6.18 Å². The van der Waals surface area contributed by atoms with Crippen molar-refractivity contribution in [3.63, 3.8) is 0 Å². The fourth-order valence-corrected chi connectivity index (χ4v) is 4.43. The summed E-state index contributed by atoms with van der Waals surface area (Å²) in [6, 6.07) is 3.49. The van der Waals surface area contributed by atoms with Crippen LogP contribution in [0.3, 0.4) is 0 Å². The SMILES string of the molecule is O=C(Nc1nc2cc3c(cc2s1)OCCO3)C1CCCCC1C(F)(F)F. The maximum absolute atomic E-state index is 13.2. The van der Waals surface area contributed by atoms with Crippen LogP contribution in [-0.4, -0.2) is 30.3 Å². The van der Waals surface area contributed by atoms with Crippen molar-refractivity contribution in [3.05, 3.63) is 12.1 Å². The van der Waals surface area contributed by atoms with Crippen molar-refractivity contribution in [2.45, 2.75) is 31.9 Å². The molecule has 9 heteroatoms. The molecule has 1 saturated carbocycles. The standard InChI is InChI=1S/C17H17F3N2O3S/c18-17(19,20)10-4-2-1-3-9(10)15(23)22-16-21-11-7-12-13(8-14(11)26-16)25-6-5-24-12/h7-10H,1-6H2,(H,21,22,23). The lowest BCUT2D eigenvalue weighted by atomic mass is 9.78. The predicted octanol–water partition coefficient (Wildman–Crippen LogP) is 4.37. The Bertz CT molecular complexity index is 794. The van der Waals surface area contributed by atoms with Gasteiger partial charge in [-0.25, -0.2) is 4.98 Å². The molecule has 140 valence electrons. The van der Waals surface area contributed by atoms with Gasteiger partial charge in [-0.2, -0.15) is 13.2 Å². The van der Waals surface area contributed by atoms with Crippen molar-refractivity contribution in [2.75, 3.05) is 18.5 Å². The lowest BCUT2D eigenvalue weighted by molar-refractivity contribution is -0.197. The molecule has 1 N–H and O–H groups in total. The minimum absolute atomic E-state index is 0.00281. The Balaban J connectivity index is 1.55. The largest absolute Gasteiger partial charge is 0.486 e. The Hall–Kier alpha value is -2.03. The summed E-state index contributed by atoms with van der Waals surface area (Å²) in [6.07, 6.45) is -2.98. The molecule has 5 nitrogen and oxygen atoms in total. The molecule has 2 aliphatic rings. The number of halogens is 3. The highest BCUT2D eigenvalue weighted by Crippen LogP contribution is 2.42. The number of carbonyl (C=O) groups excluding carboxylic acids is 1. The number of amides is 1. The maximum atomic E-state index is 13.2. The van der Waals surface area contributed by atoms with E-state index in [0.29, 0.717) is 48.2 Å². The van der Waals surface area contributed by atoms with Gasteiger partial charge in [-0.15, -0.1) is 0 Å². The van der Waals surface area contributed by atoms with Gasteiger partial charge in [0.25, 0.3) is 0 Å². The molecule has 1 aromatic heterocycles. The van der Waals surface area contributed by atoms with E-state index in [4.69, 9.17) is 9.47 Å². The summed E-state index contributed by atoms with van der Waals surface area (Å²) in [5.74, 6) is -2.07. The first-order valence-corrected chi connectivity index (χ1v) is 9.31. The van der Waals surface area contributed by atoms with Gasteiger partial charge in [0.2, 0.25) is 5.91 Å². The molecule has 2 atom stereocenters. The van der Waals surface area contributed by atoms with E-state index in [1.807, 2.05) is 0 Å². The van der Waals surface area contributed by atoms with Crippen LogP contribution in [0.2, 0.25) is 0 Å². The van der Waals surface area contributed by atoms with E-state index >= 15 is 0 Å². The molecule has 2 heterocycles. The minimum atomic E-state index is -4.36. The second kappa shape index (κ2) is 6.61. The van der Waals surface area contributed by atoms with E-state index in [9.17, 15) is 18.0 Å². The first-order chi connectivity index (χ1) is 12.4. The Morgan fingerprint density at radius 3 is 2.58 bits per heavy atom. The average Bonchev–Trinajstić information content (AvgIpc) is 2.99. The van der Waals surface area contributed by atoms with Gasteiger partial charge in [-0.3, -0.25) is 4.79 Å². The number of alkyl halides is 3. The third-order valence-corrected chi connectivity index (χ3v) is 5.74. The molecule has 1 fully saturated rings. The van der Waals surface area contributed by atoms with E-state index in [-0.39, 0.29) is 12.8 Å². The number of rotatable bonds is 2. The van der Waals surface area contributed by atoms with E-state index in [1.165, 1.54) is 11.3 Å². The van der Waals surface area contributed by atoms with Crippen LogP contribution in [-0.2, 0) is 4.79 Å². The van der Waals surface area contributed by atoms with Gasteiger partial charge in [0.1, 0.15) is 13.2 Å². The van der Waals surface area contributed by atoms with E-state index < -0.39 is 23.9 Å². The van der Waals surface area contributed by atoms with Crippen LogP contribution in [0.25, 0.3) is 10.2 Å². The van der Waals surface area contributed by atoms with Crippen molar-refractivity contribution in [3.8, 4) is 11.5 Å². The number of hydrogen-bond acceptors (Lipinski definition) is 5. The van der Waals surface area contributed by atoms with Gasteiger partial charge in [0.15, 0.2) is 16.6 Å². The van der Waals surface area contributed by atoms with Crippen molar-refractivity contribution in [2.24, 2.45) is 11.8 Å². The van der Waals surface area contributed by atoms with Crippen molar-refractivity contribution >= 4 is 32.6 Å². The normalized spacial score (nSPS) is 23.0. The Kier molecular flexibility index (Phi) is 4.42. The van der Waals surface area contributed by atoms with Gasteiger partial charge in [0.05, 0.1) is 16.1 Å². The number of hydrogen-bond donors (Lipinski definition) is 1. The molecule has 4 rings (SSSR count). The Morgan fingerprint density at radius 2 is 1.85 bits per heavy atom. The summed E-state index contributed by atoms with van der Waals surface area (Å²) >= 11 is 1.21. The first-order valence-electron chi connectivity index (χ1n) is 8.49. The second-order valence-corrected chi connectivity index (χ2v) is 7.54. The summed E-state index contributed by atoms with van der Waals surface area (Å²) in [4.78, 5) is 16.8. The van der Waals surface area contributed by atoms with Gasteiger partial charge < -0.3 is 14.8 Å². The molecule has 1 aliphatic carbocycles. The number of carbonyl (C=O) groups is 1. The van der Waals surface area contributed by atoms with E-state index in [1.54, 1.807) is 12.1 Å². The van der Waals surface area contributed by atoms with Crippen LogP contribution < -0.4 is 14.8 Å². The summed E-state index contributed by atoms with van der Waals surface area (Å²) in [6.45, 7) is 0.911. The number of ether oxygens (including phenoxy) is 2. The zero-order valence-electron chi connectivity index (χ0n) is 13.8. The van der Waals surface area contributed by atoms with Crippen LogP contribution in [0.5, 0.6) is 11.5 Å². The fraction of sp³-hybridized carbons (Fsp3) is 0.529. The molecule has 1 amide bonds. The molecular formula is C17H17F3N2O3S. The van der Waals surface area contributed by atoms with Crippen molar-refractivity contribution in [1.82, 2.24) is 4.98 Å².